The van der Waals surface area contributed by atoms with Crippen LogP contribution in [0.15, 0.2) is 30.5 Å². The summed E-state index contributed by atoms with van der Waals surface area (Å²) >= 11 is 5.98. The molecular weight excluding hydrogens is 256 g/mol. The number of nitro groups is 1. The van der Waals surface area contributed by atoms with Crippen LogP contribution in [0.4, 0.5) is 5.69 Å². The van der Waals surface area contributed by atoms with Crippen LogP contribution in [0.3, 0.4) is 0 Å². The molecule has 0 aliphatic rings. The summed E-state index contributed by atoms with van der Waals surface area (Å²) in [5.41, 5.74) is 1.68. The summed E-state index contributed by atoms with van der Waals surface area (Å²) in [6.45, 7) is 1.05. The summed E-state index contributed by atoms with van der Waals surface area (Å²) in [6.07, 6.45) is 1.66. The molecule has 94 valence electrons. The van der Waals surface area contributed by atoms with Gasteiger partial charge in [0.25, 0.3) is 5.69 Å². The molecule has 0 saturated carbocycles. The Morgan fingerprint density at radius 2 is 2.22 bits per heavy atom. The van der Waals surface area contributed by atoms with Crippen LogP contribution in [-0.4, -0.2) is 15.1 Å². The van der Waals surface area contributed by atoms with Gasteiger partial charge in [-0.2, -0.15) is 5.10 Å². The molecule has 2 aromatic rings. The van der Waals surface area contributed by atoms with Gasteiger partial charge in [-0.25, -0.2) is 0 Å². The number of nitrogens with one attached hydrogen (secondary N) is 2. The van der Waals surface area contributed by atoms with Gasteiger partial charge in [-0.05, 0) is 17.7 Å². The Hall–Kier alpha value is -1.92. The standard InChI is InChI=1S/C11H11ClN4O2/c12-11-2-1-10(16(17)18)5-8(11)6-13-7-9-3-4-14-15-9/h1-5,13H,6-7H2,(H,14,15). The molecule has 7 heteroatoms. The van der Waals surface area contributed by atoms with E-state index >= 15 is 0 Å². The number of nitro benzene ring substituents is 1. The van der Waals surface area contributed by atoms with E-state index in [1.165, 1.54) is 18.2 Å². The minimum Gasteiger partial charge on any atom is -0.307 e. The first-order chi connectivity index (χ1) is 8.66. The van der Waals surface area contributed by atoms with Crippen LogP contribution in [0.5, 0.6) is 0 Å². The molecule has 0 unspecified atom stereocenters. The number of nitrogens with zero attached hydrogens (tertiary/aromatic N) is 2. The molecule has 0 bridgehead atoms. The molecule has 1 aromatic carbocycles. The monoisotopic (exact) mass is 266 g/mol. The zero-order chi connectivity index (χ0) is 13.0. The maximum Gasteiger partial charge on any atom is 0.269 e. The van der Waals surface area contributed by atoms with Crippen LogP contribution in [-0.2, 0) is 13.1 Å². The van der Waals surface area contributed by atoms with Gasteiger partial charge in [0, 0.05) is 42.1 Å². The summed E-state index contributed by atoms with van der Waals surface area (Å²) in [5.74, 6) is 0. The van der Waals surface area contributed by atoms with Gasteiger partial charge in [0.2, 0.25) is 0 Å². The molecule has 18 heavy (non-hydrogen) atoms. The molecule has 1 aromatic heterocycles. The van der Waals surface area contributed by atoms with Crippen LogP contribution < -0.4 is 5.32 Å². The maximum absolute atomic E-state index is 10.7. The second-order valence-electron chi connectivity index (χ2n) is 3.72. The van der Waals surface area contributed by atoms with Gasteiger partial charge < -0.3 is 5.32 Å². The molecule has 0 atom stereocenters. The minimum atomic E-state index is -0.436. The van der Waals surface area contributed by atoms with E-state index in [-0.39, 0.29) is 5.69 Å². The zero-order valence-electron chi connectivity index (χ0n) is 9.39. The number of hydrogen-bond acceptors (Lipinski definition) is 4. The van der Waals surface area contributed by atoms with Crippen molar-refractivity contribution in [3.8, 4) is 0 Å². The van der Waals surface area contributed by atoms with Gasteiger partial charge in [0.15, 0.2) is 0 Å². The van der Waals surface area contributed by atoms with Gasteiger partial charge >= 0.3 is 0 Å². The van der Waals surface area contributed by atoms with Crippen molar-refractivity contribution in [1.29, 1.82) is 0 Å². The van der Waals surface area contributed by atoms with Crippen molar-refractivity contribution in [3.05, 3.63) is 56.9 Å². The number of halogens is 1. The second-order valence-corrected chi connectivity index (χ2v) is 4.13. The Balaban J connectivity index is 2.00. The van der Waals surface area contributed by atoms with E-state index < -0.39 is 4.92 Å². The third kappa shape index (κ3) is 3.06. The Labute approximate surface area is 108 Å². The van der Waals surface area contributed by atoms with Crippen LogP contribution in [0.2, 0.25) is 5.02 Å². The summed E-state index contributed by atoms with van der Waals surface area (Å²) < 4.78 is 0. The average Bonchev–Trinajstić information content (AvgIpc) is 2.84. The van der Waals surface area contributed by atoms with E-state index in [1.54, 1.807) is 6.20 Å². The highest BCUT2D eigenvalue weighted by Crippen LogP contribution is 2.21. The average molecular weight is 267 g/mol. The fraction of sp³-hybridized carbons (Fsp3) is 0.182. The van der Waals surface area contributed by atoms with Gasteiger partial charge in [0.1, 0.15) is 0 Å². The third-order valence-corrected chi connectivity index (χ3v) is 2.80. The SMILES string of the molecule is O=[N+]([O-])c1ccc(Cl)c(CNCc2ccn[nH]2)c1. The molecule has 0 radical (unpaired) electrons. The van der Waals surface area contributed by atoms with Crippen molar-refractivity contribution < 1.29 is 4.92 Å². The van der Waals surface area contributed by atoms with Crippen molar-refractivity contribution in [2.45, 2.75) is 13.1 Å². The minimum absolute atomic E-state index is 0.0396. The lowest BCUT2D eigenvalue weighted by Gasteiger charge is -2.05. The van der Waals surface area contributed by atoms with E-state index in [2.05, 4.69) is 15.5 Å². The quantitative estimate of drug-likeness (QED) is 0.642. The lowest BCUT2D eigenvalue weighted by atomic mass is 10.2. The van der Waals surface area contributed by atoms with E-state index in [0.29, 0.717) is 23.7 Å². The van der Waals surface area contributed by atoms with Crippen molar-refractivity contribution >= 4 is 17.3 Å². The smallest absolute Gasteiger partial charge is 0.269 e. The predicted molar refractivity (Wildman–Crippen MR) is 67.2 cm³/mol. The Bertz CT molecular complexity index is 542. The Morgan fingerprint density at radius 1 is 1.39 bits per heavy atom. The van der Waals surface area contributed by atoms with E-state index in [0.717, 1.165) is 5.69 Å². The zero-order valence-corrected chi connectivity index (χ0v) is 10.1. The number of rotatable bonds is 5. The first kappa shape index (κ1) is 12.5. The first-order valence-electron chi connectivity index (χ1n) is 5.28. The molecule has 0 saturated heterocycles. The van der Waals surface area contributed by atoms with Crippen LogP contribution >= 0.6 is 11.6 Å². The van der Waals surface area contributed by atoms with E-state index in [9.17, 15) is 10.1 Å². The maximum atomic E-state index is 10.7. The van der Waals surface area contributed by atoms with Crippen molar-refractivity contribution in [2.24, 2.45) is 0 Å². The van der Waals surface area contributed by atoms with Gasteiger partial charge in [-0.15, -0.1) is 0 Å². The highest BCUT2D eigenvalue weighted by Gasteiger charge is 2.09. The molecule has 0 fully saturated rings. The van der Waals surface area contributed by atoms with Crippen LogP contribution in [0, 0.1) is 10.1 Å². The molecule has 1 heterocycles. The molecule has 6 nitrogen and oxygen atoms in total. The lowest BCUT2D eigenvalue weighted by Crippen LogP contribution is -2.13. The largest absolute Gasteiger partial charge is 0.307 e. The van der Waals surface area contributed by atoms with Gasteiger partial charge in [0.05, 0.1) is 4.92 Å². The fourth-order valence-corrected chi connectivity index (χ4v) is 1.71. The summed E-state index contributed by atoms with van der Waals surface area (Å²) in [4.78, 5) is 10.2. The molecule has 0 aliphatic heterocycles. The van der Waals surface area contributed by atoms with Crippen molar-refractivity contribution in [1.82, 2.24) is 15.5 Å². The molecule has 0 amide bonds. The molecular formula is C11H11ClN4O2. The van der Waals surface area contributed by atoms with E-state index in [1.807, 2.05) is 6.07 Å². The molecule has 0 spiro atoms. The lowest BCUT2D eigenvalue weighted by molar-refractivity contribution is -0.384. The third-order valence-electron chi connectivity index (χ3n) is 2.43. The normalized spacial score (nSPS) is 10.5. The summed E-state index contributed by atoms with van der Waals surface area (Å²) in [5, 5.41) is 20.9. The fourth-order valence-electron chi connectivity index (χ4n) is 1.53. The van der Waals surface area contributed by atoms with Crippen molar-refractivity contribution in [2.75, 3.05) is 0 Å². The van der Waals surface area contributed by atoms with Gasteiger partial charge in [-0.1, -0.05) is 11.6 Å². The van der Waals surface area contributed by atoms with E-state index in [4.69, 9.17) is 11.6 Å². The summed E-state index contributed by atoms with van der Waals surface area (Å²) in [6, 6.07) is 6.25. The summed E-state index contributed by atoms with van der Waals surface area (Å²) in [7, 11) is 0. The molecule has 2 rings (SSSR count). The van der Waals surface area contributed by atoms with Crippen molar-refractivity contribution in [3.63, 3.8) is 0 Å². The topological polar surface area (TPSA) is 83.8 Å². The first-order valence-corrected chi connectivity index (χ1v) is 5.66. The van der Waals surface area contributed by atoms with Gasteiger partial charge in [-0.3, -0.25) is 15.2 Å². The number of non-ortho nitro benzene ring substituents is 1. The Kier molecular flexibility index (Phi) is 3.91. The molecule has 0 aliphatic carbocycles. The highest BCUT2D eigenvalue weighted by molar-refractivity contribution is 6.31. The second kappa shape index (κ2) is 5.61. The molecule has 2 N–H and O–H groups in total. The number of hydrogen-bond donors (Lipinski definition) is 2. The van der Waals surface area contributed by atoms with Crippen LogP contribution in [0.1, 0.15) is 11.3 Å². The predicted octanol–water partition coefficient (Wildman–Crippen LogP) is 2.26. The number of aromatic nitrogens is 2. The Morgan fingerprint density at radius 3 is 2.89 bits per heavy atom. The highest BCUT2D eigenvalue weighted by atomic mass is 35.5. The number of benzene rings is 1. The number of aromatic amines is 1. The number of H-pyrrole nitrogens is 1. The van der Waals surface area contributed by atoms with Crippen LogP contribution in [0.25, 0.3) is 0 Å².